The summed E-state index contributed by atoms with van der Waals surface area (Å²) in [5.41, 5.74) is 5.32. The molecule has 44 heavy (non-hydrogen) atoms. The molecule has 0 unspecified atom stereocenters. The molecule has 0 radical (unpaired) electrons. The first-order valence-electron chi connectivity index (χ1n) is 14.9. The van der Waals surface area contributed by atoms with Crippen LogP contribution < -0.4 is 5.73 Å². The summed E-state index contributed by atoms with van der Waals surface area (Å²) in [7, 11) is 1.68. The summed E-state index contributed by atoms with van der Waals surface area (Å²) >= 11 is 6.96. The van der Waals surface area contributed by atoms with Gasteiger partial charge in [0.25, 0.3) is 5.91 Å². The van der Waals surface area contributed by atoms with Gasteiger partial charge >= 0.3 is 0 Å². The number of phenols is 1. The van der Waals surface area contributed by atoms with Crippen LogP contribution in [0, 0.1) is 11.8 Å². The molecule has 1 amide bonds. The molecule has 1 heterocycles. The molecule has 0 aromatic heterocycles. The SMILES string of the molecule is CCCN(C)[C@@H]1C(O)=C(C(N)=O)C(=O)[C@@]2(O)C(O)=C3C(=O)c4c(O)cc(CN5CCc6ccccc6C5)c(Cl)c4C[C@H]3C[C@@H]12. The molecule has 10 nitrogen and oxygen atoms in total. The molecule has 2 aromatic carbocycles. The Morgan fingerprint density at radius 3 is 2.57 bits per heavy atom. The molecular formula is C33H36ClN3O7. The molecule has 0 spiro atoms. The Morgan fingerprint density at radius 2 is 1.89 bits per heavy atom. The van der Waals surface area contributed by atoms with Crippen molar-refractivity contribution in [2.75, 3.05) is 20.1 Å². The number of amides is 1. The van der Waals surface area contributed by atoms with Crippen LogP contribution >= 0.6 is 11.6 Å². The molecule has 4 atom stereocenters. The van der Waals surface area contributed by atoms with E-state index in [1.54, 1.807) is 11.9 Å². The Balaban J connectivity index is 1.40. The normalized spacial score (nSPS) is 26.8. The number of carbonyl (C=O) groups excluding carboxylic acids is 3. The number of allylic oxidation sites excluding steroid dienone is 1. The van der Waals surface area contributed by atoms with Crippen LogP contribution in [0.1, 0.15) is 52.4 Å². The zero-order chi connectivity index (χ0) is 31.7. The van der Waals surface area contributed by atoms with Crippen LogP contribution in [0.5, 0.6) is 5.75 Å². The summed E-state index contributed by atoms with van der Waals surface area (Å²) in [4.78, 5) is 43.7. The van der Waals surface area contributed by atoms with Gasteiger partial charge in [0.05, 0.1) is 11.6 Å². The van der Waals surface area contributed by atoms with Crippen molar-refractivity contribution >= 4 is 29.1 Å². The van der Waals surface area contributed by atoms with E-state index in [9.17, 15) is 34.8 Å². The largest absolute Gasteiger partial charge is 0.510 e. The number of likely N-dealkylation sites (N-methyl/N-ethyl adjacent to an activating group) is 1. The summed E-state index contributed by atoms with van der Waals surface area (Å²) in [6.45, 7) is 4.33. The van der Waals surface area contributed by atoms with Crippen molar-refractivity contribution in [3.05, 3.63) is 85.8 Å². The fraction of sp³-hybridized carbons (Fsp3) is 0.424. The average molecular weight is 622 g/mol. The number of rotatable bonds is 6. The maximum absolute atomic E-state index is 14.0. The number of hydrogen-bond acceptors (Lipinski definition) is 9. The van der Waals surface area contributed by atoms with Gasteiger partial charge in [-0.2, -0.15) is 0 Å². The number of halogens is 1. The van der Waals surface area contributed by atoms with Gasteiger partial charge in [-0.15, -0.1) is 0 Å². The zero-order valence-corrected chi connectivity index (χ0v) is 25.4. The number of aliphatic hydroxyl groups is 3. The topological polar surface area (TPSA) is 165 Å². The standard InChI is InChI=1S/C33H36ClN3O7/c1-3-9-36(2)27-21-12-18-11-20-24(28(39)23(18)30(41)33(21,44)31(42)25(29(27)40)32(35)43)22(38)13-19(26(20)34)15-37-10-8-16-6-4-5-7-17(16)14-37/h4-7,13,18,21,27,38,40-41,44H,3,8-12,14-15H2,1-2H3,(H2,35,43)/t18-,21-,27-,33-/m0/s1. The molecule has 0 saturated heterocycles. The Morgan fingerprint density at radius 1 is 1.18 bits per heavy atom. The number of nitrogens with zero attached hydrogens (tertiary/aromatic N) is 2. The summed E-state index contributed by atoms with van der Waals surface area (Å²) in [6, 6.07) is 8.68. The van der Waals surface area contributed by atoms with Crippen molar-refractivity contribution in [2.24, 2.45) is 17.6 Å². The van der Waals surface area contributed by atoms with Crippen molar-refractivity contribution in [1.29, 1.82) is 0 Å². The number of ketones is 2. The van der Waals surface area contributed by atoms with Crippen LogP contribution in [0.3, 0.4) is 0 Å². The third-order valence-corrected chi connectivity index (χ3v) is 10.3. The van der Waals surface area contributed by atoms with E-state index in [4.69, 9.17) is 17.3 Å². The van der Waals surface area contributed by atoms with Crippen molar-refractivity contribution in [3.63, 3.8) is 0 Å². The van der Waals surface area contributed by atoms with E-state index < -0.39 is 58.0 Å². The second-order valence-corrected chi connectivity index (χ2v) is 12.8. The van der Waals surface area contributed by atoms with Gasteiger partial charge in [0.15, 0.2) is 11.4 Å². The number of benzene rings is 2. The van der Waals surface area contributed by atoms with Gasteiger partial charge in [0, 0.05) is 36.1 Å². The lowest BCUT2D eigenvalue weighted by molar-refractivity contribution is -0.149. The minimum Gasteiger partial charge on any atom is -0.510 e. The van der Waals surface area contributed by atoms with E-state index >= 15 is 0 Å². The van der Waals surface area contributed by atoms with E-state index in [-0.39, 0.29) is 29.7 Å². The Hall–Kier alpha value is -3.70. The van der Waals surface area contributed by atoms with Gasteiger partial charge in [-0.3, -0.25) is 24.2 Å². The Bertz CT molecular complexity index is 1670. The van der Waals surface area contributed by atoms with Gasteiger partial charge in [-0.05, 0) is 73.5 Å². The van der Waals surface area contributed by atoms with E-state index in [2.05, 4.69) is 17.0 Å². The third kappa shape index (κ3) is 4.46. The first kappa shape index (κ1) is 30.3. The maximum Gasteiger partial charge on any atom is 0.255 e. The molecule has 2 aromatic rings. The molecule has 0 saturated carbocycles. The van der Waals surface area contributed by atoms with Gasteiger partial charge in [0.2, 0.25) is 5.78 Å². The molecule has 232 valence electrons. The van der Waals surface area contributed by atoms with Gasteiger partial charge in [0.1, 0.15) is 22.8 Å². The highest BCUT2D eigenvalue weighted by Gasteiger charge is 2.63. The van der Waals surface area contributed by atoms with E-state index in [1.807, 2.05) is 19.1 Å². The Labute approximate surface area is 260 Å². The second kappa shape index (κ2) is 11.0. The van der Waals surface area contributed by atoms with Crippen LogP contribution in [0.15, 0.2) is 53.0 Å². The van der Waals surface area contributed by atoms with Gasteiger partial charge in [-0.25, -0.2) is 0 Å². The molecule has 6 N–H and O–H groups in total. The molecule has 0 fully saturated rings. The van der Waals surface area contributed by atoms with Crippen LogP contribution in [0.2, 0.25) is 5.02 Å². The number of aromatic hydroxyl groups is 1. The number of fused-ring (bicyclic) bond motifs is 4. The highest BCUT2D eigenvalue weighted by atomic mass is 35.5. The fourth-order valence-electron chi connectivity index (χ4n) is 7.80. The summed E-state index contributed by atoms with van der Waals surface area (Å²) in [5.74, 6) is -6.77. The third-order valence-electron chi connectivity index (χ3n) is 9.83. The van der Waals surface area contributed by atoms with E-state index in [1.165, 1.54) is 17.2 Å². The van der Waals surface area contributed by atoms with E-state index in [0.717, 1.165) is 19.5 Å². The van der Waals surface area contributed by atoms with Crippen molar-refractivity contribution in [2.45, 2.75) is 57.3 Å². The first-order valence-corrected chi connectivity index (χ1v) is 15.3. The average Bonchev–Trinajstić information content (AvgIpc) is 2.97. The number of phenolic OH excluding ortho intramolecular Hbond substituents is 1. The lowest BCUT2D eigenvalue weighted by atomic mass is 9.58. The number of nitrogens with two attached hydrogens (primary N) is 1. The molecule has 0 bridgehead atoms. The van der Waals surface area contributed by atoms with Crippen molar-refractivity contribution in [1.82, 2.24) is 9.80 Å². The van der Waals surface area contributed by atoms with Gasteiger partial charge < -0.3 is 26.2 Å². The lowest BCUT2D eigenvalue weighted by Crippen LogP contribution is -2.64. The van der Waals surface area contributed by atoms with Crippen LogP contribution in [0.25, 0.3) is 0 Å². The Kier molecular flexibility index (Phi) is 7.60. The zero-order valence-electron chi connectivity index (χ0n) is 24.6. The monoisotopic (exact) mass is 621 g/mol. The maximum atomic E-state index is 14.0. The number of primary amides is 1. The summed E-state index contributed by atoms with van der Waals surface area (Å²) in [6.07, 6.45) is 1.72. The summed E-state index contributed by atoms with van der Waals surface area (Å²) in [5, 5.41) is 46.0. The molecule has 6 rings (SSSR count). The predicted molar refractivity (Wildman–Crippen MR) is 162 cm³/mol. The first-order chi connectivity index (χ1) is 20.9. The van der Waals surface area contributed by atoms with Crippen molar-refractivity contribution < 1.29 is 34.8 Å². The highest BCUT2D eigenvalue weighted by molar-refractivity contribution is 6.33. The second-order valence-electron chi connectivity index (χ2n) is 12.4. The molecule has 11 heteroatoms. The lowest BCUT2D eigenvalue weighted by Gasteiger charge is -2.50. The number of hydrogen-bond donors (Lipinski definition) is 5. The smallest absolute Gasteiger partial charge is 0.255 e. The predicted octanol–water partition coefficient (Wildman–Crippen LogP) is 3.11. The van der Waals surface area contributed by atoms with Crippen molar-refractivity contribution in [3.8, 4) is 5.75 Å². The number of aliphatic hydroxyl groups excluding tert-OH is 2. The van der Waals surface area contributed by atoms with Crippen LogP contribution in [0.4, 0.5) is 0 Å². The fourth-order valence-corrected chi connectivity index (χ4v) is 8.09. The summed E-state index contributed by atoms with van der Waals surface area (Å²) < 4.78 is 0. The molecule has 3 aliphatic carbocycles. The number of carbonyl (C=O) groups is 3. The van der Waals surface area contributed by atoms with Crippen LogP contribution in [-0.4, -0.2) is 79.5 Å². The minimum atomic E-state index is -2.67. The quantitative estimate of drug-likeness (QED) is 0.305. The van der Waals surface area contributed by atoms with Crippen LogP contribution in [-0.2, 0) is 35.5 Å². The van der Waals surface area contributed by atoms with E-state index in [0.29, 0.717) is 35.7 Å². The van der Waals surface area contributed by atoms with Gasteiger partial charge in [-0.1, -0.05) is 42.8 Å². The molecular weight excluding hydrogens is 586 g/mol. The minimum absolute atomic E-state index is 0.0197. The highest BCUT2D eigenvalue weighted by Crippen LogP contribution is 2.53. The molecule has 4 aliphatic rings. The number of Topliss-reactive ketones (excluding diaryl/α,β-unsaturated/α-hetero) is 2. The molecule has 1 aliphatic heterocycles.